The molecular formula is C28H30FN3O2. The van der Waals surface area contributed by atoms with E-state index in [2.05, 4.69) is 34.1 Å². The topological polar surface area (TPSA) is 47.0 Å². The SMILES string of the molecule is CC(=O)N1CCN(c2ccc(CC3c4ccc(O)cc4CCN3c3ccc(F)cc3)cc2)CC1. The fraction of sp³-hybridized carbons (Fsp3) is 0.321. The van der Waals surface area contributed by atoms with Crippen molar-refractivity contribution < 1.29 is 14.3 Å². The van der Waals surface area contributed by atoms with E-state index < -0.39 is 0 Å². The first kappa shape index (κ1) is 22.3. The maximum absolute atomic E-state index is 13.6. The summed E-state index contributed by atoms with van der Waals surface area (Å²) in [5, 5.41) is 10.00. The number of hydrogen-bond acceptors (Lipinski definition) is 4. The van der Waals surface area contributed by atoms with Crippen molar-refractivity contribution in [1.29, 1.82) is 0 Å². The highest BCUT2D eigenvalue weighted by molar-refractivity contribution is 5.73. The van der Waals surface area contributed by atoms with Crippen LogP contribution in [-0.2, 0) is 17.6 Å². The molecule has 0 aliphatic carbocycles. The number of nitrogens with zero attached hydrogens (tertiary/aromatic N) is 3. The van der Waals surface area contributed by atoms with E-state index in [1.807, 2.05) is 29.2 Å². The second-order valence-electron chi connectivity index (χ2n) is 9.18. The molecule has 2 aliphatic heterocycles. The van der Waals surface area contributed by atoms with E-state index in [0.717, 1.165) is 51.3 Å². The Labute approximate surface area is 200 Å². The van der Waals surface area contributed by atoms with Crippen LogP contribution in [0.1, 0.15) is 29.7 Å². The highest BCUT2D eigenvalue weighted by atomic mass is 19.1. The molecule has 2 heterocycles. The van der Waals surface area contributed by atoms with Crippen molar-refractivity contribution in [1.82, 2.24) is 4.90 Å². The lowest BCUT2D eigenvalue weighted by atomic mass is 9.88. The molecular weight excluding hydrogens is 429 g/mol. The summed E-state index contributed by atoms with van der Waals surface area (Å²) in [5.41, 5.74) is 5.78. The number of carbonyl (C=O) groups is 1. The zero-order valence-electron chi connectivity index (χ0n) is 19.5. The predicted octanol–water partition coefficient (Wildman–Crippen LogP) is 4.55. The first-order valence-corrected chi connectivity index (χ1v) is 11.9. The van der Waals surface area contributed by atoms with Crippen LogP contribution in [0.3, 0.4) is 0 Å². The Hall–Kier alpha value is -3.54. The van der Waals surface area contributed by atoms with Crippen LogP contribution in [0, 0.1) is 5.82 Å². The first-order chi connectivity index (χ1) is 16.5. The van der Waals surface area contributed by atoms with Gasteiger partial charge in [-0.05, 0) is 78.1 Å². The Kier molecular flexibility index (Phi) is 6.14. The van der Waals surface area contributed by atoms with E-state index >= 15 is 0 Å². The molecule has 1 atom stereocenters. The Balaban J connectivity index is 1.37. The number of benzene rings is 3. The molecule has 6 heteroatoms. The Morgan fingerprint density at radius 3 is 2.26 bits per heavy atom. The molecule has 3 aromatic rings. The van der Waals surface area contributed by atoms with Crippen LogP contribution in [0.4, 0.5) is 15.8 Å². The Morgan fingerprint density at radius 2 is 1.59 bits per heavy atom. The average Bonchev–Trinajstić information content (AvgIpc) is 2.85. The van der Waals surface area contributed by atoms with Crippen LogP contribution in [0.25, 0.3) is 0 Å². The third kappa shape index (κ3) is 4.58. The number of carbonyl (C=O) groups excluding carboxylic acids is 1. The second kappa shape index (κ2) is 9.37. The van der Waals surface area contributed by atoms with Crippen LogP contribution < -0.4 is 9.80 Å². The summed E-state index contributed by atoms with van der Waals surface area (Å²) < 4.78 is 13.6. The van der Waals surface area contributed by atoms with Crippen LogP contribution in [0.15, 0.2) is 66.7 Å². The number of fused-ring (bicyclic) bond motifs is 1. The first-order valence-electron chi connectivity index (χ1n) is 11.9. The highest BCUT2D eigenvalue weighted by Gasteiger charge is 2.28. The molecule has 1 amide bonds. The average molecular weight is 460 g/mol. The van der Waals surface area contributed by atoms with Gasteiger partial charge in [-0.25, -0.2) is 4.39 Å². The smallest absolute Gasteiger partial charge is 0.219 e. The minimum atomic E-state index is -0.234. The maximum atomic E-state index is 13.6. The maximum Gasteiger partial charge on any atom is 0.219 e. The largest absolute Gasteiger partial charge is 0.508 e. The van der Waals surface area contributed by atoms with Gasteiger partial charge in [-0.3, -0.25) is 4.79 Å². The molecule has 1 N–H and O–H groups in total. The van der Waals surface area contributed by atoms with Gasteiger partial charge in [0, 0.05) is 51.0 Å². The van der Waals surface area contributed by atoms with Gasteiger partial charge in [0.15, 0.2) is 0 Å². The standard InChI is InChI=1S/C28H30FN3O2/c1-20(33)30-14-16-31(17-15-30)24-6-2-21(3-7-24)18-28-27-11-10-26(34)19-22(27)12-13-32(28)25-8-4-23(29)5-9-25/h2-11,19,28,34H,12-18H2,1H3. The Bertz CT molecular complexity index is 1160. The minimum absolute atomic E-state index is 0.0970. The molecule has 1 saturated heterocycles. The molecule has 5 rings (SSSR count). The van der Waals surface area contributed by atoms with Crippen molar-refractivity contribution in [2.24, 2.45) is 0 Å². The van der Waals surface area contributed by atoms with Gasteiger partial charge in [-0.1, -0.05) is 18.2 Å². The van der Waals surface area contributed by atoms with Crippen molar-refractivity contribution >= 4 is 17.3 Å². The molecule has 0 saturated carbocycles. The number of aromatic hydroxyl groups is 1. The number of amides is 1. The van der Waals surface area contributed by atoms with Gasteiger partial charge in [0.05, 0.1) is 6.04 Å². The zero-order valence-corrected chi connectivity index (χ0v) is 19.5. The minimum Gasteiger partial charge on any atom is -0.508 e. The molecule has 0 spiro atoms. The highest BCUT2D eigenvalue weighted by Crippen LogP contribution is 2.37. The third-order valence-electron chi connectivity index (χ3n) is 7.10. The van der Waals surface area contributed by atoms with Gasteiger partial charge in [0.1, 0.15) is 11.6 Å². The molecule has 0 bridgehead atoms. The monoisotopic (exact) mass is 459 g/mol. The number of rotatable bonds is 4. The second-order valence-corrected chi connectivity index (χ2v) is 9.18. The van der Waals surface area contributed by atoms with Gasteiger partial charge in [0.2, 0.25) is 5.91 Å². The summed E-state index contributed by atoms with van der Waals surface area (Å²) in [7, 11) is 0. The molecule has 0 radical (unpaired) electrons. The summed E-state index contributed by atoms with van der Waals surface area (Å²) in [6.07, 6.45) is 1.65. The number of anilines is 2. The molecule has 2 aliphatic rings. The number of phenolic OH excluding ortho intramolecular Hbond substituents is 1. The molecule has 176 valence electrons. The summed E-state index contributed by atoms with van der Waals surface area (Å²) in [5.74, 6) is 0.200. The van der Waals surface area contributed by atoms with Gasteiger partial charge in [0.25, 0.3) is 0 Å². The fourth-order valence-electron chi connectivity index (χ4n) is 5.21. The van der Waals surface area contributed by atoms with Crippen LogP contribution >= 0.6 is 0 Å². The molecule has 1 unspecified atom stereocenters. The van der Waals surface area contributed by atoms with Gasteiger partial charge in [-0.15, -0.1) is 0 Å². The molecule has 34 heavy (non-hydrogen) atoms. The fourth-order valence-corrected chi connectivity index (χ4v) is 5.21. The lowest BCUT2D eigenvalue weighted by Gasteiger charge is -2.39. The van der Waals surface area contributed by atoms with Crippen molar-refractivity contribution in [3.05, 3.63) is 89.2 Å². The van der Waals surface area contributed by atoms with E-state index in [0.29, 0.717) is 5.75 Å². The van der Waals surface area contributed by atoms with E-state index in [1.165, 1.54) is 34.5 Å². The van der Waals surface area contributed by atoms with E-state index in [1.54, 1.807) is 13.0 Å². The van der Waals surface area contributed by atoms with Crippen molar-refractivity contribution in [3.8, 4) is 5.75 Å². The molecule has 0 aromatic heterocycles. The number of halogens is 1. The van der Waals surface area contributed by atoms with Gasteiger partial charge in [-0.2, -0.15) is 0 Å². The lowest BCUT2D eigenvalue weighted by Crippen LogP contribution is -2.48. The number of phenols is 1. The Morgan fingerprint density at radius 1 is 0.912 bits per heavy atom. The summed E-state index contributed by atoms with van der Waals surface area (Å²) in [6.45, 7) is 5.65. The summed E-state index contributed by atoms with van der Waals surface area (Å²) >= 11 is 0. The number of piperazine rings is 1. The van der Waals surface area contributed by atoms with Crippen LogP contribution in [0.2, 0.25) is 0 Å². The lowest BCUT2D eigenvalue weighted by molar-refractivity contribution is -0.129. The van der Waals surface area contributed by atoms with Gasteiger partial charge < -0.3 is 19.8 Å². The normalized spacial score (nSPS) is 18.1. The summed E-state index contributed by atoms with van der Waals surface area (Å²) in [4.78, 5) is 18.2. The van der Waals surface area contributed by atoms with Gasteiger partial charge >= 0.3 is 0 Å². The van der Waals surface area contributed by atoms with E-state index in [4.69, 9.17) is 0 Å². The molecule has 3 aromatic carbocycles. The van der Waals surface area contributed by atoms with E-state index in [9.17, 15) is 14.3 Å². The molecule has 1 fully saturated rings. The number of hydrogen-bond donors (Lipinski definition) is 1. The van der Waals surface area contributed by atoms with Crippen LogP contribution in [-0.4, -0.2) is 48.6 Å². The third-order valence-corrected chi connectivity index (χ3v) is 7.10. The predicted molar refractivity (Wildman–Crippen MR) is 133 cm³/mol. The van der Waals surface area contributed by atoms with E-state index in [-0.39, 0.29) is 17.8 Å². The molecule has 5 nitrogen and oxygen atoms in total. The van der Waals surface area contributed by atoms with Crippen molar-refractivity contribution in [3.63, 3.8) is 0 Å². The van der Waals surface area contributed by atoms with Crippen LogP contribution in [0.5, 0.6) is 5.75 Å². The quantitative estimate of drug-likeness (QED) is 0.622. The van der Waals surface area contributed by atoms with Crippen molar-refractivity contribution in [2.45, 2.75) is 25.8 Å². The van der Waals surface area contributed by atoms with Crippen molar-refractivity contribution in [2.75, 3.05) is 42.5 Å². The zero-order chi connectivity index (χ0) is 23.7. The summed E-state index contributed by atoms with van der Waals surface area (Å²) in [6, 6.07) is 21.2.